The first-order chi connectivity index (χ1) is 10.3. The molecule has 3 rings (SSSR count). The summed E-state index contributed by atoms with van der Waals surface area (Å²) in [6, 6.07) is 18.4. The molecule has 0 fully saturated rings. The predicted octanol–water partition coefficient (Wildman–Crippen LogP) is 3.55. The molecule has 0 aliphatic carbocycles. The number of methoxy groups -OCH3 is 1. The van der Waals surface area contributed by atoms with Gasteiger partial charge in [0.15, 0.2) is 0 Å². The molecular formula is C18H18N2O. The van der Waals surface area contributed by atoms with Crippen LogP contribution in [0.4, 0.5) is 0 Å². The van der Waals surface area contributed by atoms with Crippen LogP contribution in [0.2, 0.25) is 0 Å². The van der Waals surface area contributed by atoms with Gasteiger partial charge in [-0.15, -0.1) is 0 Å². The lowest BCUT2D eigenvalue weighted by molar-refractivity contribution is 0.405. The number of rotatable bonds is 4. The average molecular weight is 278 g/mol. The number of nitrogens with zero attached hydrogens (tertiary/aromatic N) is 1. The Morgan fingerprint density at radius 2 is 1.71 bits per heavy atom. The average Bonchev–Trinajstić information content (AvgIpc) is 2.56. The fourth-order valence-electron chi connectivity index (χ4n) is 2.75. The second-order valence-electron chi connectivity index (χ2n) is 4.88. The van der Waals surface area contributed by atoms with E-state index in [0.717, 1.165) is 22.2 Å². The SMILES string of the molecule is CNC(c1ccccc1OC)c1ccnc2ccccc12. The first-order valence-electron chi connectivity index (χ1n) is 6.99. The van der Waals surface area contributed by atoms with Crippen LogP contribution in [0.3, 0.4) is 0 Å². The van der Waals surface area contributed by atoms with Crippen LogP contribution in [0.1, 0.15) is 17.2 Å². The normalized spacial score (nSPS) is 12.3. The van der Waals surface area contributed by atoms with Crippen molar-refractivity contribution in [2.24, 2.45) is 0 Å². The molecule has 0 amide bonds. The monoisotopic (exact) mass is 278 g/mol. The van der Waals surface area contributed by atoms with E-state index in [4.69, 9.17) is 4.74 Å². The molecule has 3 aromatic rings. The van der Waals surface area contributed by atoms with Crippen LogP contribution in [0, 0.1) is 0 Å². The minimum atomic E-state index is 0.0639. The molecule has 1 heterocycles. The number of para-hydroxylation sites is 2. The Labute approximate surface area is 124 Å². The van der Waals surface area contributed by atoms with E-state index in [-0.39, 0.29) is 6.04 Å². The predicted molar refractivity (Wildman–Crippen MR) is 85.6 cm³/mol. The van der Waals surface area contributed by atoms with E-state index in [2.05, 4.69) is 28.5 Å². The Kier molecular flexibility index (Phi) is 3.84. The maximum absolute atomic E-state index is 5.51. The van der Waals surface area contributed by atoms with Gasteiger partial charge in [0.2, 0.25) is 0 Å². The molecule has 0 saturated heterocycles. The third-order valence-electron chi connectivity index (χ3n) is 3.73. The molecule has 0 bridgehead atoms. The second kappa shape index (κ2) is 5.94. The van der Waals surface area contributed by atoms with Gasteiger partial charge < -0.3 is 10.1 Å². The first-order valence-corrected chi connectivity index (χ1v) is 6.99. The zero-order valence-electron chi connectivity index (χ0n) is 12.2. The zero-order chi connectivity index (χ0) is 14.7. The molecule has 2 aromatic carbocycles. The molecule has 1 N–H and O–H groups in total. The Hall–Kier alpha value is -2.39. The van der Waals surface area contributed by atoms with Crippen molar-refractivity contribution in [3.63, 3.8) is 0 Å². The highest BCUT2D eigenvalue weighted by atomic mass is 16.5. The van der Waals surface area contributed by atoms with E-state index in [0.29, 0.717) is 0 Å². The quantitative estimate of drug-likeness (QED) is 0.792. The number of aromatic nitrogens is 1. The van der Waals surface area contributed by atoms with Crippen LogP contribution in [-0.4, -0.2) is 19.1 Å². The molecule has 106 valence electrons. The van der Waals surface area contributed by atoms with E-state index in [9.17, 15) is 0 Å². The van der Waals surface area contributed by atoms with E-state index in [1.807, 2.05) is 49.6 Å². The Bertz CT molecular complexity index is 750. The van der Waals surface area contributed by atoms with Gasteiger partial charge in [-0.1, -0.05) is 36.4 Å². The van der Waals surface area contributed by atoms with Gasteiger partial charge in [-0.25, -0.2) is 0 Å². The second-order valence-corrected chi connectivity index (χ2v) is 4.88. The van der Waals surface area contributed by atoms with Crippen molar-refractivity contribution in [2.45, 2.75) is 6.04 Å². The highest BCUT2D eigenvalue weighted by Gasteiger charge is 2.18. The summed E-state index contributed by atoms with van der Waals surface area (Å²) in [4.78, 5) is 4.44. The minimum absolute atomic E-state index is 0.0639. The summed E-state index contributed by atoms with van der Waals surface area (Å²) >= 11 is 0. The molecule has 0 saturated carbocycles. The van der Waals surface area contributed by atoms with Crippen LogP contribution in [-0.2, 0) is 0 Å². The number of pyridine rings is 1. The first kappa shape index (κ1) is 13.6. The van der Waals surface area contributed by atoms with E-state index in [1.165, 1.54) is 5.56 Å². The van der Waals surface area contributed by atoms with E-state index >= 15 is 0 Å². The van der Waals surface area contributed by atoms with Gasteiger partial charge in [0, 0.05) is 17.1 Å². The lowest BCUT2D eigenvalue weighted by Crippen LogP contribution is -2.18. The van der Waals surface area contributed by atoms with Crippen molar-refractivity contribution in [3.8, 4) is 5.75 Å². The molecule has 0 aliphatic heterocycles. The largest absolute Gasteiger partial charge is 0.496 e. The van der Waals surface area contributed by atoms with Gasteiger partial charge in [-0.05, 0) is 30.8 Å². The third kappa shape index (κ3) is 2.48. The number of fused-ring (bicyclic) bond motifs is 1. The van der Waals surface area contributed by atoms with E-state index in [1.54, 1.807) is 7.11 Å². The summed E-state index contributed by atoms with van der Waals surface area (Å²) in [7, 11) is 3.67. The Morgan fingerprint density at radius 1 is 0.952 bits per heavy atom. The van der Waals surface area contributed by atoms with Gasteiger partial charge >= 0.3 is 0 Å². The number of hydrogen-bond acceptors (Lipinski definition) is 3. The Balaban J connectivity index is 2.19. The molecule has 21 heavy (non-hydrogen) atoms. The molecular weight excluding hydrogens is 260 g/mol. The van der Waals surface area contributed by atoms with Gasteiger partial charge in [0.05, 0.1) is 18.7 Å². The fourth-order valence-corrected chi connectivity index (χ4v) is 2.75. The van der Waals surface area contributed by atoms with Crippen LogP contribution in [0.25, 0.3) is 10.9 Å². The molecule has 1 atom stereocenters. The molecule has 3 nitrogen and oxygen atoms in total. The number of benzene rings is 2. The molecule has 0 spiro atoms. The summed E-state index contributed by atoms with van der Waals surface area (Å²) < 4.78 is 5.51. The van der Waals surface area contributed by atoms with Crippen molar-refractivity contribution in [2.75, 3.05) is 14.2 Å². The van der Waals surface area contributed by atoms with Crippen molar-refractivity contribution < 1.29 is 4.74 Å². The van der Waals surface area contributed by atoms with E-state index < -0.39 is 0 Å². The van der Waals surface area contributed by atoms with Crippen LogP contribution >= 0.6 is 0 Å². The smallest absolute Gasteiger partial charge is 0.123 e. The maximum Gasteiger partial charge on any atom is 0.123 e. The maximum atomic E-state index is 5.51. The third-order valence-corrected chi connectivity index (χ3v) is 3.73. The molecule has 0 radical (unpaired) electrons. The lowest BCUT2D eigenvalue weighted by Gasteiger charge is -2.21. The Morgan fingerprint density at radius 3 is 2.52 bits per heavy atom. The summed E-state index contributed by atoms with van der Waals surface area (Å²) in [5, 5.41) is 4.55. The zero-order valence-corrected chi connectivity index (χ0v) is 12.2. The highest BCUT2D eigenvalue weighted by Crippen LogP contribution is 2.32. The number of hydrogen-bond donors (Lipinski definition) is 1. The topological polar surface area (TPSA) is 34.1 Å². The van der Waals surface area contributed by atoms with Gasteiger partial charge in [0.25, 0.3) is 0 Å². The van der Waals surface area contributed by atoms with Crippen LogP contribution in [0.15, 0.2) is 60.8 Å². The molecule has 1 aromatic heterocycles. The molecule has 3 heteroatoms. The fraction of sp³-hybridized carbons (Fsp3) is 0.167. The summed E-state index contributed by atoms with van der Waals surface area (Å²) in [6.45, 7) is 0. The standard InChI is InChI=1S/C18H18N2O/c1-19-18(15-8-4-6-10-17(15)21-2)14-11-12-20-16-9-5-3-7-13(14)16/h3-12,18-19H,1-2H3. The van der Waals surface area contributed by atoms with Gasteiger partial charge in [-0.3, -0.25) is 4.98 Å². The van der Waals surface area contributed by atoms with Gasteiger partial charge in [0.1, 0.15) is 5.75 Å². The van der Waals surface area contributed by atoms with Crippen molar-refractivity contribution >= 4 is 10.9 Å². The minimum Gasteiger partial charge on any atom is -0.496 e. The summed E-state index contributed by atoms with van der Waals surface area (Å²) in [5.74, 6) is 0.887. The van der Waals surface area contributed by atoms with Crippen molar-refractivity contribution in [1.82, 2.24) is 10.3 Å². The number of ether oxygens (including phenoxy) is 1. The summed E-state index contributed by atoms with van der Waals surface area (Å²) in [6.07, 6.45) is 1.86. The molecule has 0 aliphatic rings. The van der Waals surface area contributed by atoms with Gasteiger partial charge in [-0.2, -0.15) is 0 Å². The van der Waals surface area contributed by atoms with Crippen LogP contribution in [0.5, 0.6) is 5.75 Å². The summed E-state index contributed by atoms with van der Waals surface area (Å²) in [5.41, 5.74) is 3.33. The van der Waals surface area contributed by atoms with Crippen molar-refractivity contribution in [1.29, 1.82) is 0 Å². The molecule has 1 unspecified atom stereocenters. The lowest BCUT2D eigenvalue weighted by atomic mass is 9.95. The van der Waals surface area contributed by atoms with Crippen molar-refractivity contribution in [3.05, 3.63) is 71.9 Å². The number of nitrogens with one attached hydrogen (secondary N) is 1. The highest BCUT2D eigenvalue weighted by molar-refractivity contribution is 5.83. The van der Waals surface area contributed by atoms with Crippen LogP contribution < -0.4 is 10.1 Å².